The van der Waals surface area contributed by atoms with Crippen LogP contribution in [0, 0.1) is 17.8 Å². The molecule has 4 heteroatoms. The second kappa shape index (κ2) is 6.02. The first-order chi connectivity index (χ1) is 8.59. The predicted octanol–water partition coefficient (Wildman–Crippen LogP) is 1.29. The van der Waals surface area contributed by atoms with Crippen LogP contribution in [0.25, 0.3) is 0 Å². The van der Waals surface area contributed by atoms with E-state index in [2.05, 4.69) is 5.32 Å². The zero-order chi connectivity index (χ0) is 13.1. The molecule has 0 aromatic carbocycles. The van der Waals surface area contributed by atoms with Gasteiger partial charge in [0.25, 0.3) is 0 Å². The van der Waals surface area contributed by atoms with Crippen molar-refractivity contribution in [1.29, 1.82) is 0 Å². The van der Waals surface area contributed by atoms with Crippen LogP contribution in [0.15, 0.2) is 0 Å². The number of carbonyl (C=O) groups excluding carboxylic acids is 1. The Balaban J connectivity index is 1.66. The Labute approximate surface area is 110 Å². The first-order valence-electron chi connectivity index (χ1n) is 7.24. The fourth-order valence-corrected chi connectivity index (χ4v) is 3.45. The third-order valence-electron chi connectivity index (χ3n) is 4.35. The Kier molecular flexibility index (Phi) is 4.62. The summed E-state index contributed by atoms with van der Waals surface area (Å²) in [7, 11) is 0. The van der Waals surface area contributed by atoms with Crippen molar-refractivity contribution < 1.29 is 9.53 Å². The van der Waals surface area contributed by atoms with Crippen LogP contribution in [-0.4, -0.2) is 31.2 Å². The molecular weight excluding hydrogens is 228 g/mol. The maximum atomic E-state index is 12.1. The van der Waals surface area contributed by atoms with Crippen molar-refractivity contribution in [3.05, 3.63) is 0 Å². The van der Waals surface area contributed by atoms with Gasteiger partial charge in [-0.05, 0) is 51.4 Å². The molecule has 2 saturated carbocycles. The van der Waals surface area contributed by atoms with Crippen LogP contribution >= 0.6 is 0 Å². The highest BCUT2D eigenvalue weighted by molar-refractivity contribution is 5.80. The largest absolute Gasteiger partial charge is 0.379 e. The molecule has 4 nitrogen and oxygen atoms in total. The number of fused-ring (bicyclic) bond motifs is 2. The summed E-state index contributed by atoms with van der Waals surface area (Å²) in [5.74, 6) is 1.36. The third kappa shape index (κ3) is 3.04. The second-order valence-electron chi connectivity index (χ2n) is 6.00. The van der Waals surface area contributed by atoms with Crippen molar-refractivity contribution >= 4 is 5.91 Å². The SMILES string of the molecule is CC(C)OCCCNC(=O)C1C2CCC(C2)C1N. The van der Waals surface area contributed by atoms with Gasteiger partial charge in [0.05, 0.1) is 12.0 Å². The van der Waals surface area contributed by atoms with E-state index < -0.39 is 0 Å². The summed E-state index contributed by atoms with van der Waals surface area (Å²) >= 11 is 0. The van der Waals surface area contributed by atoms with Gasteiger partial charge in [-0.25, -0.2) is 0 Å². The molecule has 0 aromatic rings. The lowest BCUT2D eigenvalue weighted by atomic mass is 9.84. The molecule has 0 aliphatic heterocycles. The number of hydrogen-bond donors (Lipinski definition) is 2. The van der Waals surface area contributed by atoms with E-state index in [1.54, 1.807) is 0 Å². The molecule has 2 aliphatic rings. The summed E-state index contributed by atoms with van der Waals surface area (Å²) in [6.45, 7) is 5.45. The molecule has 2 fully saturated rings. The van der Waals surface area contributed by atoms with Crippen molar-refractivity contribution in [2.45, 2.75) is 51.7 Å². The highest BCUT2D eigenvalue weighted by Crippen LogP contribution is 2.47. The molecular formula is C14H26N2O2. The van der Waals surface area contributed by atoms with Crippen LogP contribution < -0.4 is 11.1 Å². The van der Waals surface area contributed by atoms with Crippen molar-refractivity contribution in [3.63, 3.8) is 0 Å². The van der Waals surface area contributed by atoms with Gasteiger partial charge in [0.15, 0.2) is 0 Å². The summed E-state index contributed by atoms with van der Waals surface area (Å²) in [5.41, 5.74) is 6.15. The molecule has 2 rings (SSSR count). The van der Waals surface area contributed by atoms with Gasteiger partial charge in [0.1, 0.15) is 0 Å². The smallest absolute Gasteiger partial charge is 0.224 e. The van der Waals surface area contributed by atoms with Gasteiger partial charge in [-0.2, -0.15) is 0 Å². The number of amides is 1. The van der Waals surface area contributed by atoms with E-state index in [1.165, 1.54) is 12.8 Å². The Hall–Kier alpha value is -0.610. The van der Waals surface area contributed by atoms with E-state index in [9.17, 15) is 4.79 Å². The fourth-order valence-electron chi connectivity index (χ4n) is 3.45. The van der Waals surface area contributed by atoms with Gasteiger partial charge in [0.2, 0.25) is 5.91 Å². The third-order valence-corrected chi connectivity index (χ3v) is 4.35. The van der Waals surface area contributed by atoms with Crippen molar-refractivity contribution in [3.8, 4) is 0 Å². The number of nitrogens with two attached hydrogens (primary N) is 1. The number of rotatable bonds is 6. The minimum Gasteiger partial charge on any atom is -0.379 e. The number of nitrogens with one attached hydrogen (secondary N) is 1. The van der Waals surface area contributed by atoms with Crippen LogP contribution in [0.5, 0.6) is 0 Å². The molecule has 0 heterocycles. The molecule has 2 bridgehead atoms. The standard InChI is InChI=1S/C14H26N2O2/c1-9(2)18-7-3-6-16-14(17)12-10-4-5-11(8-10)13(12)15/h9-13H,3-8,15H2,1-2H3,(H,16,17). The van der Waals surface area contributed by atoms with Crippen molar-refractivity contribution in [2.24, 2.45) is 23.5 Å². The molecule has 3 N–H and O–H groups in total. The highest BCUT2D eigenvalue weighted by Gasteiger charge is 2.48. The molecule has 18 heavy (non-hydrogen) atoms. The lowest BCUT2D eigenvalue weighted by Gasteiger charge is -2.27. The lowest BCUT2D eigenvalue weighted by molar-refractivity contribution is -0.127. The molecule has 104 valence electrons. The minimum absolute atomic E-state index is 0.0646. The molecule has 0 saturated heterocycles. The van der Waals surface area contributed by atoms with Crippen LogP contribution in [0.3, 0.4) is 0 Å². The van der Waals surface area contributed by atoms with E-state index in [4.69, 9.17) is 10.5 Å². The van der Waals surface area contributed by atoms with Gasteiger partial charge in [-0.15, -0.1) is 0 Å². The van der Waals surface area contributed by atoms with E-state index in [1.807, 2.05) is 13.8 Å². The summed E-state index contributed by atoms with van der Waals surface area (Å²) in [6, 6.07) is 0.0932. The predicted molar refractivity (Wildman–Crippen MR) is 71.0 cm³/mol. The summed E-state index contributed by atoms with van der Waals surface area (Å²) < 4.78 is 5.44. The van der Waals surface area contributed by atoms with Crippen LogP contribution in [0.4, 0.5) is 0 Å². The number of carbonyl (C=O) groups is 1. The average Bonchev–Trinajstić information content (AvgIpc) is 2.88. The van der Waals surface area contributed by atoms with Gasteiger partial charge in [0, 0.05) is 19.2 Å². The van der Waals surface area contributed by atoms with Crippen LogP contribution in [0.2, 0.25) is 0 Å². The highest BCUT2D eigenvalue weighted by atomic mass is 16.5. The minimum atomic E-state index is 0.0646. The Bertz CT molecular complexity index is 292. The molecule has 4 atom stereocenters. The van der Waals surface area contributed by atoms with Crippen molar-refractivity contribution in [1.82, 2.24) is 5.32 Å². The summed E-state index contributed by atoms with van der Waals surface area (Å²) in [4.78, 5) is 12.1. The Morgan fingerprint density at radius 1 is 1.39 bits per heavy atom. The first kappa shape index (κ1) is 13.8. The molecule has 0 aromatic heterocycles. The first-order valence-corrected chi connectivity index (χ1v) is 7.24. The quantitative estimate of drug-likeness (QED) is 0.702. The summed E-state index contributed by atoms with van der Waals surface area (Å²) in [6.07, 6.45) is 4.71. The average molecular weight is 254 g/mol. The van der Waals surface area contributed by atoms with Gasteiger partial charge < -0.3 is 15.8 Å². The van der Waals surface area contributed by atoms with Gasteiger partial charge in [-0.1, -0.05) is 0 Å². The maximum absolute atomic E-state index is 12.1. The Morgan fingerprint density at radius 3 is 2.72 bits per heavy atom. The lowest BCUT2D eigenvalue weighted by Crippen LogP contribution is -2.45. The second-order valence-corrected chi connectivity index (χ2v) is 6.00. The molecule has 0 radical (unpaired) electrons. The molecule has 2 aliphatic carbocycles. The zero-order valence-electron chi connectivity index (χ0n) is 11.5. The van der Waals surface area contributed by atoms with Crippen LogP contribution in [0.1, 0.15) is 39.5 Å². The molecule has 0 spiro atoms. The summed E-state index contributed by atoms with van der Waals surface area (Å²) in [5, 5.41) is 3.01. The molecule has 1 amide bonds. The van der Waals surface area contributed by atoms with Gasteiger partial charge >= 0.3 is 0 Å². The normalized spacial score (nSPS) is 34.2. The van der Waals surface area contributed by atoms with E-state index in [0.717, 1.165) is 12.8 Å². The van der Waals surface area contributed by atoms with E-state index in [0.29, 0.717) is 25.0 Å². The topological polar surface area (TPSA) is 64.3 Å². The zero-order valence-corrected chi connectivity index (χ0v) is 11.5. The molecule has 4 unspecified atom stereocenters. The van der Waals surface area contributed by atoms with Crippen LogP contribution in [-0.2, 0) is 9.53 Å². The van der Waals surface area contributed by atoms with E-state index in [-0.39, 0.29) is 24.0 Å². The van der Waals surface area contributed by atoms with Crippen molar-refractivity contribution in [2.75, 3.05) is 13.2 Å². The fraction of sp³-hybridized carbons (Fsp3) is 0.929. The number of ether oxygens (including phenoxy) is 1. The van der Waals surface area contributed by atoms with E-state index >= 15 is 0 Å². The van der Waals surface area contributed by atoms with Gasteiger partial charge in [-0.3, -0.25) is 4.79 Å². The number of hydrogen-bond acceptors (Lipinski definition) is 3. The Morgan fingerprint density at radius 2 is 2.11 bits per heavy atom. The monoisotopic (exact) mass is 254 g/mol. The maximum Gasteiger partial charge on any atom is 0.224 e.